The molecule has 0 radical (unpaired) electrons. The molecule has 0 atom stereocenters. The maximum absolute atomic E-state index is 5.20. The number of rotatable bonds is 8. The Morgan fingerprint density at radius 2 is 0.667 bits per heavy atom. The lowest BCUT2D eigenvalue weighted by Gasteiger charge is -2.32. The molecule has 4 aromatic carbocycles. The van der Waals surface area contributed by atoms with Crippen LogP contribution in [0.4, 0.5) is 11.6 Å². The number of nitrogens with zero attached hydrogens (tertiary/aromatic N) is 3. The molecule has 0 saturated carbocycles. The van der Waals surface area contributed by atoms with E-state index in [9.17, 15) is 0 Å². The minimum absolute atomic E-state index is 0.765. The van der Waals surface area contributed by atoms with Gasteiger partial charge in [0.2, 0.25) is 0 Å². The molecule has 0 unspecified atom stereocenters. The highest BCUT2D eigenvalue weighted by molar-refractivity contribution is 7.74. The van der Waals surface area contributed by atoms with Crippen LogP contribution in [0.25, 0.3) is 0 Å². The fourth-order valence-corrected chi connectivity index (χ4v) is 8.68. The lowest BCUT2D eigenvalue weighted by Crippen LogP contribution is -2.28. The van der Waals surface area contributed by atoms with Crippen molar-refractivity contribution in [1.29, 1.82) is 0 Å². The number of anilines is 2. The molecule has 0 aliphatic carbocycles. The molecule has 3 nitrogen and oxygen atoms in total. The fraction of sp³-hybridized carbons (Fsp3) is 0.0645. The van der Waals surface area contributed by atoms with Crippen LogP contribution in [-0.4, -0.2) is 19.1 Å². The topological polar surface area (TPSA) is 19.4 Å². The number of aromatic nitrogens is 1. The van der Waals surface area contributed by atoms with E-state index in [0.717, 1.165) is 11.6 Å². The van der Waals surface area contributed by atoms with Crippen LogP contribution in [-0.2, 0) is 0 Å². The summed E-state index contributed by atoms with van der Waals surface area (Å²) in [6, 6.07) is 49.3. The van der Waals surface area contributed by atoms with Crippen molar-refractivity contribution in [2.45, 2.75) is 0 Å². The summed E-state index contributed by atoms with van der Waals surface area (Å²) in [4.78, 5) is 5.20. The summed E-state index contributed by atoms with van der Waals surface area (Å²) in [6.45, 7) is 0. The Balaban J connectivity index is 1.53. The molecule has 1 aromatic heterocycles. The summed E-state index contributed by atoms with van der Waals surface area (Å²) in [6.07, 6.45) is 0. The Morgan fingerprint density at radius 1 is 0.389 bits per heavy atom. The Hall–Kier alpha value is -3.51. The Labute approximate surface area is 216 Å². The Kier molecular flexibility index (Phi) is 7.72. The molecule has 0 saturated heterocycles. The minimum atomic E-state index is -0.765. The summed E-state index contributed by atoms with van der Waals surface area (Å²) in [5.74, 6) is 1.93. The van der Waals surface area contributed by atoms with Crippen molar-refractivity contribution in [1.82, 2.24) is 4.98 Å². The average Bonchev–Trinajstić information content (AvgIpc) is 2.96. The van der Waals surface area contributed by atoms with E-state index < -0.39 is 16.1 Å². The molecular weight excluding hydrogens is 476 g/mol. The van der Waals surface area contributed by atoms with Crippen LogP contribution < -0.4 is 30.6 Å². The van der Waals surface area contributed by atoms with Gasteiger partial charge in [0.15, 0.2) is 0 Å². The zero-order valence-corrected chi connectivity index (χ0v) is 22.3. The van der Waals surface area contributed by atoms with E-state index in [1.807, 2.05) is 0 Å². The van der Waals surface area contributed by atoms with Gasteiger partial charge in [-0.2, -0.15) is 0 Å². The van der Waals surface area contributed by atoms with E-state index in [0.29, 0.717) is 0 Å². The van der Waals surface area contributed by atoms with Crippen LogP contribution in [0, 0.1) is 0 Å². The standard InChI is InChI=1S/C31H29N3P2/c1-33(35(26-16-7-3-8-17-26)27-18-9-4-10-19-27)30-24-15-25-31(32-30)34(2)36(28-20-11-5-12-21-28)29-22-13-6-14-23-29/h3-25H,1-2H3. The van der Waals surface area contributed by atoms with Crippen molar-refractivity contribution in [3.63, 3.8) is 0 Å². The van der Waals surface area contributed by atoms with Crippen LogP contribution in [0.2, 0.25) is 0 Å². The lowest BCUT2D eigenvalue weighted by atomic mass is 10.4. The maximum Gasteiger partial charge on any atom is 0.134 e. The van der Waals surface area contributed by atoms with E-state index in [-0.39, 0.29) is 0 Å². The number of pyridine rings is 1. The van der Waals surface area contributed by atoms with Gasteiger partial charge in [-0.1, -0.05) is 127 Å². The molecule has 0 fully saturated rings. The van der Waals surface area contributed by atoms with Gasteiger partial charge >= 0.3 is 0 Å². The second-order valence-corrected chi connectivity index (χ2v) is 12.9. The summed E-state index contributed by atoms with van der Waals surface area (Å²) >= 11 is 0. The summed E-state index contributed by atoms with van der Waals surface area (Å²) in [7, 11) is 2.79. The van der Waals surface area contributed by atoms with E-state index in [1.54, 1.807) is 0 Å². The number of benzene rings is 4. The molecule has 0 amide bonds. The second kappa shape index (κ2) is 11.5. The summed E-state index contributed by atoms with van der Waals surface area (Å²) < 4.78 is 4.68. The van der Waals surface area contributed by atoms with Gasteiger partial charge in [0.1, 0.15) is 11.6 Å². The molecule has 5 rings (SSSR count). The molecule has 5 heteroatoms. The van der Waals surface area contributed by atoms with Gasteiger partial charge in [-0.3, -0.25) is 0 Å². The third kappa shape index (κ3) is 5.34. The van der Waals surface area contributed by atoms with E-state index >= 15 is 0 Å². The predicted octanol–water partition coefficient (Wildman–Crippen LogP) is 6.05. The third-order valence-corrected chi connectivity index (χ3v) is 10.7. The van der Waals surface area contributed by atoms with Crippen LogP contribution in [0.5, 0.6) is 0 Å². The van der Waals surface area contributed by atoms with Gasteiger partial charge in [-0.15, -0.1) is 0 Å². The quantitative estimate of drug-likeness (QED) is 0.240. The zero-order valence-electron chi connectivity index (χ0n) is 20.5. The minimum Gasteiger partial charge on any atom is -0.331 e. The van der Waals surface area contributed by atoms with Gasteiger partial charge in [0.25, 0.3) is 0 Å². The summed E-state index contributed by atoms with van der Waals surface area (Å²) in [5, 5.41) is 5.21. The van der Waals surface area contributed by atoms with Crippen LogP contribution in [0.1, 0.15) is 0 Å². The Bertz CT molecular complexity index is 1180. The maximum atomic E-state index is 5.20. The molecule has 0 N–H and O–H groups in total. The van der Waals surface area contributed by atoms with Crippen molar-refractivity contribution in [3.05, 3.63) is 140 Å². The second-order valence-electron chi connectivity index (χ2n) is 8.37. The number of hydrogen-bond donors (Lipinski definition) is 0. The molecular formula is C31H29N3P2. The smallest absolute Gasteiger partial charge is 0.134 e. The molecule has 0 aliphatic rings. The lowest BCUT2D eigenvalue weighted by molar-refractivity contribution is 1.16. The van der Waals surface area contributed by atoms with Gasteiger partial charge in [-0.05, 0) is 12.1 Å². The van der Waals surface area contributed by atoms with Gasteiger partial charge in [0, 0.05) is 35.3 Å². The number of hydrogen-bond acceptors (Lipinski definition) is 3. The van der Waals surface area contributed by atoms with Gasteiger partial charge in [0.05, 0.1) is 16.1 Å². The molecule has 0 bridgehead atoms. The van der Waals surface area contributed by atoms with Crippen molar-refractivity contribution >= 4 is 49.0 Å². The van der Waals surface area contributed by atoms with Crippen LogP contribution in [0.3, 0.4) is 0 Å². The summed E-state index contributed by atoms with van der Waals surface area (Å²) in [5.41, 5.74) is 0. The first-order chi connectivity index (χ1) is 17.7. The highest BCUT2D eigenvalue weighted by Gasteiger charge is 2.24. The largest absolute Gasteiger partial charge is 0.331 e. The highest BCUT2D eigenvalue weighted by Crippen LogP contribution is 2.43. The molecule has 1 heterocycles. The third-order valence-electron chi connectivity index (χ3n) is 5.99. The first-order valence-electron chi connectivity index (χ1n) is 12.0. The van der Waals surface area contributed by atoms with Crippen molar-refractivity contribution in [2.24, 2.45) is 0 Å². The first-order valence-corrected chi connectivity index (χ1v) is 14.6. The molecule has 36 heavy (non-hydrogen) atoms. The zero-order chi connectivity index (χ0) is 24.7. The van der Waals surface area contributed by atoms with Crippen molar-refractivity contribution in [2.75, 3.05) is 23.4 Å². The SMILES string of the molecule is CN(c1cccc(N(C)P(c2ccccc2)c2ccccc2)n1)P(c1ccccc1)c1ccccc1. The highest BCUT2D eigenvalue weighted by atomic mass is 31.1. The van der Waals surface area contributed by atoms with Crippen molar-refractivity contribution in [3.8, 4) is 0 Å². The predicted molar refractivity (Wildman–Crippen MR) is 159 cm³/mol. The van der Waals surface area contributed by atoms with Crippen molar-refractivity contribution < 1.29 is 0 Å². The molecule has 178 valence electrons. The van der Waals surface area contributed by atoms with E-state index in [2.05, 4.69) is 163 Å². The van der Waals surface area contributed by atoms with Crippen LogP contribution >= 0.6 is 16.1 Å². The van der Waals surface area contributed by atoms with E-state index in [1.165, 1.54) is 21.2 Å². The van der Waals surface area contributed by atoms with Gasteiger partial charge < -0.3 is 9.34 Å². The molecule has 0 aliphatic heterocycles. The monoisotopic (exact) mass is 505 g/mol. The molecule has 0 spiro atoms. The normalized spacial score (nSPS) is 11.0. The first kappa shape index (κ1) is 24.2. The fourth-order valence-electron chi connectivity index (χ4n) is 4.25. The van der Waals surface area contributed by atoms with E-state index in [4.69, 9.17) is 4.98 Å². The average molecular weight is 506 g/mol. The van der Waals surface area contributed by atoms with Crippen LogP contribution in [0.15, 0.2) is 140 Å². The molecule has 5 aromatic rings. The Morgan fingerprint density at radius 3 is 0.944 bits per heavy atom. The van der Waals surface area contributed by atoms with Gasteiger partial charge in [-0.25, -0.2) is 4.98 Å².